The number of carbonyl (C=O) groups is 1. The van der Waals surface area contributed by atoms with E-state index in [1.165, 1.54) is 12.1 Å². The van der Waals surface area contributed by atoms with Gasteiger partial charge in [-0.05, 0) is 17.7 Å². The third-order valence-corrected chi connectivity index (χ3v) is 2.96. The Kier molecular flexibility index (Phi) is 3.38. The first kappa shape index (κ1) is 13.0. The molecule has 1 amide bonds. The molecule has 1 aromatic rings. The fourth-order valence-electron chi connectivity index (χ4n) is 1.75. The first-order valence-corrected chi connectivity index (χ1v) is 5.55. The summed E-state index contributed by atoms with van der Waals surface area (Å²) in [6.45, 7) is 0.181. The van der Waals surface area contributed by atoms with Crippen molar-refractivity contribution in [1.29, 1.82) is 0 Å². The van der Waals surface area contributed by atoms with Crippen molar-refractivity contribution in [3.05, 3.63) is 34.3 Å². The van der Waals surface area contributed by atoms with Gasteiger partial charge in [-0.2, -0.15) is 13.2 Å². The summed E-state index contributed by atoms with van der Waals surface area (Å²) in [6.07, 6.45) is -4.72. The number of alkyl halides is 3. The summed E-state index contributed by atoms with van der Waals surface area (Å²) in [5.74, 6) is 0. The molecule has 0 aliphatic carbocycles. The molecular weight excluding hydrogens is 271 g/mol. The van der Waals surface area contributed by atoms with Gasteiger partial charge in [0.15, 0.2) is 0 Å². The molecule has 0 saturated carbocycles. The number of nitrogens with one attached hydrogen (secondary N) is 1. The molecule has 1 heterocycles. The topological polar surface area (TPSA) is 38.3 Å². The van der Waals surface area contributed by atoms with Crippen LogP contribution in [-0.4, -0.2) is 12.7 Å². The second kappa shape index (κ2) is 4.68. The highest BCUT2D eigenvalue weighted by molar-refractivity contribution is 6.31. The molecule has 18 heavy (non-hydrogen) atoms. The lowest BCUT2D eigenvalue weighted by molar-refractivity contribution is -0.137. The lowest BCUT2D eigenvalue weighted by atomic mass is 10.0. The van der Waals surface area contributed by atoms with Crippen molar-refractivity contribution in [2.24, 2.45) is 0 Å². The first-order chi connectivity index (χ1) is 8.38. The molecule has 0 radical (unpaired) electrons. The second-order valence-electron chi connectivity index (χ2n) is 3.86. The molecule has 0 bridgehead atoms. The lowest BCUT2D eigenvalue weighted by Gasteiger charge is -2.24. The maximum atomic E-state index is 12.7. The van der Waals surface area contributed by atoms with Crippen LogP contribution in [0.2, 0.25) is 5.02 Å². The highest BCUT2D eigenvalue weighted by Gasteiger charge is 2.34. The fraction of sp³-hybridized carbons (Fsp3) is 0.364. The molecule has 1 N–H and O–H groups in total. The van der Waals surface area contributed by atoms with E-state index in [2.05, 4.69) is 10.1 Å². The SMILES string of the molecule is O=C1N[C@@H](c2ccc(Cl)c(C(F)(F)F)c2)CCO1. The van der Waals surface area contributed by atoms with Crippen LogP contribution in [0.3, 0.4) is 0 Å². The van der Waals surface area contributed by atoms with Gasteiger partial charge < -0.3 is 10.1 Å². The highest BCUT2D eigenvalue weighted by Crippen LogP contribution is 2.36. The molecule has 0 unspecified atom stereocenters. The van der Waals surface area contributed by atoms with Crippen LogP contribution in [0.5, 0.6) is 0 Å². The molecule has 1 aliphatic rings. The van der Waals surface area contributed by atoms with Crippen LogP contribution in [-0.2, 0) is 10.9 Å². The molecule has 1 fully saturated rings. The zero-order valence-corrected chi connectivity index (χ0v) is 9.81. The third-order valence-electron chi connectivity index (χ3n) is 2.63. The monoisotopic (exact) mass is 279 g/mol. The molecule has 1 saturated heterocycles. The fourth-order valence-corrected chi connectivity index (χ4v) is 1.98. The Morgan fingerprint density at radius 1 is 1.39 bits per heavy atom. The Morgan fingerprint density at radius 2 is 2.11 bits per heavy atom. The third kappa shape index (κ3) is 2.69. The van der Waals surface area contributed by atoms with Gasteiger partial charge in [-0.15, -0.1) is 0 Å². The number of hydrogen-bond acceptors (Lipinski definition) is 2. The van der Waals surface area contributed by atoms with Crippen molar-refractivity contribution in [1.82, 2.24) is 5.32 Å². The second-order valence-corrected chi connectivity index (χ2v) is 4.27. The van der Waals surface area contributed by atoms with Gasteiger partial charge in [-0.25, -0.2) is 4.79 Å². The Balaban J connectivity index is 2.32. The van der Waals surface area contributed by atoms with E-state index in [-0.39, 0.29) is 11.6 Å². The lowest BCUT2D eigenvalue weighted by Crippen LogP contribution is -2.35. The summed E-state index contributed by atoms with van der Waals surface area (Å²) in [4.78, 5) is 11.0. The van der Waals surface area contributed by atoms with Crippen LogP contribution in [0.4, 0.5) is 18.0 Å². The van der Waals surface area contributed by atoms with E-state index in [0.717, 1.165) is 6.07 Å². The van der Waals surface area contributed by atoms with Crippen molar-refractivity contribution in [2.45, 2.75) is 18.6 Å². The van der Waals surface area contributed by atoms with Crippen molar-refractivity contribution in [3.63, 3.8) is 0 Å². The van der Waals surface area contributed by atoms with E-state index < -0.39 is 23.9 Å². The van der Waals surface area contributed by atoms with E-state index in [9.17, 15) is 18.0 Å². The van der Waals surface area contributed by atoms with Crippen molar-refractivity contribution >= 4 is 17.7 Å². The minimum atomic E-state index is -4.51. The first-order valence-electron chi connectivity index (χ1n) is 5.18. The van der Waals surface area contributed by atoms with Crippen LogP contribution >= 0.6 is 11.6 Å². The van der Waals surface area contributed by atoms with Gasteiger partial charge in [0.2, 0.25) is 0 Å². The van der Waals surface area contributed by atoms with E-state index in [1.807, 2.05) is 0 Å². The normalized spacial score (nSPS) is 20.2. The van der Waals surface area contributed by atoms with Gasteiger partial charge in [0.25, 0.3) is 0 Å². The van der Waals surface area contributed by atoms with Gasteiger partial charge in [0.1, 0.15) is 0 Å². The number of halogens is 4. The average Bonchev–Trinajstić information content (AvgIpc) is 2.28. The van der Waals surface area contributed by atoms with E-state index in [4.69, 9.17) is 11.6 Å². The van der Waals surface area contributed by atoms with Crippen molar-refractivity contribution < 1.29 is 22.7 Å². The smallest absolute Gasteiger partial charge is 0.417 e. The summed E-state index contributed by atoms with van der Waals surface area (Å²) in [6, 6.07) is 3.12. The van der Waals surface area contributed by atoms with Crippen LogP contribution in [0.1, 0.15) is 23.6 Å². The summed E-state index contributed by atoms with van der Waals surface area (Å²) >= 11 is 5.52. The molecule has 98 valence electrons. The Bertz CT molecular complexity index is 476. The molecule has 2 rings (SSSR count). The minimum absolute atomic E-state index is 0.181. The quantitative estimate of drug-likeness (QED) is 0.854. The number of carbonyl (C=O) groups excluding carboxylic acids is 1. The van der Waals surface area contributed by atoms with Gasteiger partial charge in [0, 0.05) is 6.42 Å². The van der Waals surface area contributed by atoms with Gasteiger partial charge >= 0.3 is 12.3 Å². The number of amides is 1. The van der Waals surface area contributed by atoms with Gasteiger partial charge in [-0.3, -0.25) is 0 Å². The summed E-state index contributed by atoms with van der Waals surface area (Å²) in [7, 11) is 0. The largest absolute Gasteiger partial charge is 0.449 e. The standard InChI is InChI=1S/C11H9ClF3NO2/c12-8-2-1-6(5-7(8)11(13,14)15)9-3-4-18-10(17)16-9/h1-2,5,9H,3-4H2,(H,16,17)/t9-/m1/s1. The summed E-state index contributed by atoms with van der Waals surface area (Å²) in [5, 5.41) is 2.10. The Labute approximate surface area is 106 Å². The summed E-state index contributed by atoms with van der Waals surface area (Å²) in [5.41, 5.74) is -0.536. The molecule has 1 atom stereocenters. The molecule has 1 aliphatic heterocycles. The molecule has 3 nitrogen and oxygen atoms in total. The maximum Gasteiger partial charge on any atom is 0.417 e. The highest BCUT2D eigenvalue weighted by atomic mass is 35.5. The van der Waals surface area contributed by atoms with E-state index >= 15 is 0 Å². The number of hydrogen-bond donors (Lipinski definition) is 1. The predicted octanol–water partition coefficient (Wildman–Crippen LogP) is 3.53. The molecule has 7 heteroatoms. The van der Waals surface area contributed by atoms with Crippen LogP contribution in [0.25, 0.3) is 0 Å². The van der Waals surface area contributed by atoms with Crippen molar-refractivity contribution in [3.8, 4) is 0 Å². The van der Waals surface area contributed by atoms with E-state index in [1.54, 1.807) is 0 Å². The van der Waals surface area contributed by atoms with Crippen LogP contribution in [0.15, 0.2) is 18.2 Å². The van der Waals surface area contributed by atoms with Gasteiger partial charge in [-0.1, -0.05) is 17.7 Å². The molecule has 1 aromatic carbocycles. The number of rotatable bonds is 1. The zero-order valence-electron chi connectivity index (χ0n) is 9.05. The van der Waals surface area contributed by atoms with Crippen molar-refractivity contribution in [2.75, 3.05) is 6.61 Å². The Hall–Kier alpha value is -1.43. The molecular formula is C11H9ClF3NO2. The van der Waals surface area contributed by atoms with Gasteiger partial charge in [0.05, 0.1) is 23.2 Å². The molecule has 0 spiro atoms. The minimum Gasteiger partial charge on any atom is -0.449 e. The number of alkyl carbamates (subject to hydrolysis) is 1. The molecule has 0 aromatic heterocycles. The number of ether oxygens (including phenoxy) is 1. The summed E-state index contributed by atoms with van der Waals surface area (Å²) < 4.78 is 42.7. The number of benzene rings is 1. The average molecular weight is 280 g/mol. The predicted molar refractivity (Wildman–Crippen MR) is 58.3 cm³/mol. The maximum absolute atomic E-state index is 12.7. The van der Waals surface area contributed by atoms with Crippen LogP contribution in [0, 0.1) is 0 Å². The number of cyclic esters (lactones) is 1. The Morgan fingerprint density at radius 3 is 2.72 bits per heavy atom. The zero-order chi connectivity index (χ0) is 13.3. The van der Waals surface area contributed by atoms with E-state index in [0.29, 0.717) is 12.0 Å². The van der Waals surface area contributed by atoms with Crippen LogP contribution < -0.4 is 5.32 Å².